The summed E-state index contributed by atoms with van der Waals surface area (Å²) < 4.78 is 0. The molecule has 2 unspecified atom stereocenters. The zero-order valence-electron chi connectivity index (χ0n) is 11.7. The summed E-state index contributed by atoms with van der Waals surface area (Å²) in [6, 6.07) is 11.0. The number of benzene rings is 1. The Morgan fingerprint density at radius 2 is 2.15 bits per heavy atom. The first-order valence-electron chi connectivity index (χ1n) is 7.43. The van der Waals surface area contributed by atoms with Gasteiger partial charge >= 0.3 is 0 Å². The highest BCUT2D eigenvalue weighted by molar-refractivity contribution is 5.64. The fourth-order valence-electron chi connectivity index (χ4n) is 3.09. The first-order chi connectivity index (χ1) is 9.86. The number of aromatic amines is 1. The second-order valence-electron chi connectivity index (χ2n) is 5.58. The van der Waals surface area contributed by atoms with Gasteiger partial charge in [-0.05, 0) is 43.5 Å². The van der Waals surface area contributed by atoms with Gasteiger partial charge < -0.3 is 11.1 Å². The first-order valence-corrected chi connectivity index (χ1v) is 7.43. The van der Waals surface area contributed by atoms with E-state index in [-0.39, 0.29) is 0 Å². The lowest BCUT2D eigenvalue weighted by Gasteiger charge is -2.32. The van der Waals surface area contributed by atoms with Gasteiger partial charge in [0, 0.05) is 23.5 Å². The van der Waals surface area contributed by atoms with Crippen LogP contribution in [0.4, 0.5) is 5.69 Å². The largest absolute Gasteiger partial charge is 0.382 e. The summed E-state index contributed by atoms with van der Waals surface area (Å²) in [5, 5.41) is 10.7. The molecule has 0 aliphatic heterocycles. The highest BCUT2D eigenvalue weighted by Gasteiger charge is 2.23. The van der Waals surface area contributed by atoms with E-state index in [0.29, 0.717) is 12.0 Å². The average Bonchev–Trinajstić information content (AvgIpc) is 3.02. The van der Waals surface area contributed by atoms with Crippen molar-refractivity contribution in [2.75, 3.05) is 11.9 Å². The third-order valence-corrected chi connectivity index (χ3v) is 4.24. The van der Waals surface area contributed by atoms with E-state index in [1.54, 1.807) is 6.20 Å². The van der Waals surface area contributed by atoms with E-state index in [1.165, 1.54) is 31.4 Å². The molecule has 4 N–H and O–H groups in total. The van der Waals surface area contributed by atoms with Crippen LogP contribution in [0.5, 0.6) is 0 Å². The van der Waals surface area contributed by atoms with E-state index in [4.69, 9.17) is 5.73 Å². The highest BCUT2D eigenvalue weighted by Crippen LogP contribution is 2.28. The summed E-state index contributed by atoms with van der Waals surface area (Å²) in [7, 11) is 0. The van der Waals surface area contributed by atoms with Crippen LogP contribution in [0.2, 0.25) is 0 Å². The lowest BCUT2D eigenvalue weighted by Crippen LogP contribution is -2.36. The second-order valence-corrected chi connectivity index (χ2v) is 5.58. The van der Waals surface area contributed by atoms with Crippen molar-refractivity contribution in [1.82, 2.24) is 10.2 Å². The molecule has 1 aromatic carbocycles. The maximum Gasteiger partial charge on any atom is 0.0650 e. The van der Waals surface area contributed by atoms with Crippen LogP contribution in [0.15, 0.2) is 36.5 Å². The van der Waals surface area contributed by atoms with E-state index in [9.17, 15) is 0 Å². The number of nitrogens with two attached hydrogens (primary N) is 1. The van der Waals surface area contributed by atoms with Crippen molar-refractivity contribution in [2.24, 2.45) is 11.7 Å². The summed E-state index contributed by atoms with van der Waals surface area (Å²) in [4.78, 5) is 0. The predicted octanol–water partition coefficient (Wildman–Crippen LogP) is 3.01. The molecule has 2 atom stereocenters. The van der Waals surface area contributed by atoms with Gasteiger partial charge in [0.1, 0.15) is 0 Å². The molecule has 4 nitrogen and oxygen atoms in total. The molecule has 4 heteroatoms. The summed E-state index contributed by atoms with van der Waals surface area (Å²) in [5.74, 6) is 0.597. The standard InChI is InChI=1S/C16H22N4/c17-11-13-4-1-2-7-15(13)19-14-6-3-5-12(10-14)16-8-9-18-20-16/h3,5-6,8-10,13,15,19H,1-2,4,7,11,17H2,(H,18,20). The predicted molar refractivity (Wildman–Crippen MR) is 82.4 cm³/mol. The van der Waals surface area contributed by atoms with Crippen LogP contribution in [0.3, 0.4) is 0 Å². The molecular formula is C16H22N4. The smallest absolute Gasteiger partial charge is 0.0650 e. The van der Waals surface area contributed by atoms with Crippen LogP contribution < -0.4 is 11.1 Å². The van der Waals surface area contributed by atoms with E-state index in [1.807, 2.05) is 6.07 Å². The molecule has 1 saturated carbocycles. The van der Waals surface area contributed by atoms with Crippen LogP contribution in [0.25, 0.3) is 11.3 Å². The van der Waals surface area contributed by atoms with Gasteiger partial charge in [-0.1, -0.05) is 25.0 Å². The minimum absolute atomic E-state index is 0.505. The van der Waals surface area contributed by atoms with Crippen molar-refractivity contribution in [1.29, 1.82) is 0 Å². The Labute approximate surface area is 119 Å². The van der Waals surface area contributed by atoms with E-state index in [0.717, 1.165) is 17.8 Å². The minimum atomic E-state index is 0.505. The Bertz CT molecular complexity index is 535. The Balaban J connectivity index is 1.75. The highest BCUT2D eigenvalue weighted by atomic mass is 15.1. The number of hydrogen-bond acceptors (Lipinski definition) is 3. The van der Waals surface area contributed by atoms with Crippen molar-refractivity contribution in [2.45, 2.75) is 31.7 Å². The maximum absolute atomic E-state index is 5.90. The second kappa shape index (κ2) is 6.09. The van der Waals surface area contributed by atoms with Gasteiger partial charge in [0.05, 0.1) is 5.69 Å². The molecule has 1 aliphatic rings. The van der Waals surface area contributed by atoms with Crippen LogP contribution in [0, 0.1) is 5.92 Å². The Morgan fingerprint density at radius 1 is 1.25 bits per heavy atom. The number of nitrogens with zero attached hydrogens (tertiary/aromatic N) is 1. The zero-order valence-corrected chi connectivity index (χ0v) is 11.7. The number of nitrogens with one attached hydrogen (secondary N) is 2. The fourth-order valence-corrected chi connectivity index (χ4v) is 3.09. The quantitative estimate of drug-likeness (QED) is 0.800. The van der Waals surface area contributed by atoms with Gasteiger partial charge in [0.15, 0.2) is 0 Å². The molecule has 1 heterocycles. The molecule has 0 saturated heterocycles. The summed E-state index contributed by atoms with van der Waals surface area (Å²) in [6.07, 6.45) is 6.86. The third-order valence-electron chi connectivity index (χ3n) is 4.24. The Morgan fingerprint density at radius 3 is 2.95 bits per heavy atom. The van der Waals surface area contributed by atoms with Crippen LogP contribution in [-0.4, -0.2) is 22.8 Å². The van der Waals surface area contributed by atoms with Gasteiger partial charge in [-0.15, -0.1) is 0 Å². The van der Waals surface area contributed by atoms with Crippen molar-refractivity contribution >= 4 is 5.69 Å². The summed E-state index contributed by atoms with van der Waals surface area (Å²) >= 11 is 0. The van der Waals surface area contributed by atoms with Gasteiger partial charge in [-0.2, -0.15) is 5.10 Å². The molecule has 106 valence electrons. The number of rotatable bonds is 4. The normalized spacial score (nSPS) is 22.6. The Hall–Kier alpha value is -1.81. The monoisotopic (exact) mass is 270 g/mol. The van der Waals surface area contributed by atoms with Crippen LogP contribution in [0.1, 0.15) is 25.7 Å². The van der Waals surface area contributed by atoms with Crippen molar-refractivity contribution in [3.05, 3.63) is 36.5 Å². The average molecular weight is 270 g/mol. The van der Waals surface area contributed by atoms with Crippen LogP contribution in [-0.2, 0) is 0 Å². The molecule has 0 bridgehead atoms. The SMILES string of the molecule is NCC1CCCCC1Nc1cccc(-c2ccn[nH]2)c1. The topological polar surface area (TPSA) is 66.7 Å². The maximum atomic E-state index is 5.90. The molecule has 1 aromatic heterocycles. The first kappa shape index (κ1) is 13.2. The van der Waals surface area contributed by atoms with E-state index >= 15 is 0 Å². The molecule has 0 spiro atoms. The van der Waals surface area contributed by atoms with E-state index in [2.05, 4.69) is 39.8 Å². The molecule has 2 aromatic rings. The number of aromatic nitrogens is 2. The number of H-pyrrole nitrogens is 1. The van der Waals surface area contributed by atoms with Crippen molar-refractivity contribution in [3.63, 3.8) is 0 Å². The van der Waals surface area contributed by atoms with Gasteiger partial charge in [0.25, 0.3) is 0 Å². The summed E-state index contributed by atoms with van der Waals surface area (Å²) in [5.41, 5.74) is 9.28. The molecule has 1 aliphatic carbocycles. The zero-order chi connectivity index (χ0) is 13.8. The van der Waals surface area contributed by atoms with Gasteiger partial charge in [0.2, 0.25) is 0 Å². The Kier molecular flexibility index (Phi) is 4.02. The molecule has 20 heavy (non-hydrogen) atoms. The molecule has 0 amide bonds. The number of hydrogen-bond donors (Lipinski definition) is 3. The van der Waals surface area contributed by atoms with E-state index < -0.39 is 0 Å². The molecule has 0 radical (unpaired) electrons. The summed E-state index contributed by atoms with van der Waals surface area (Å²) in [6.45, 7) is 0.776. The molecule has 1 fully saturated rings. The minimum Gasteiger partial charge on any atom is -0.382 e. The fraction of sp³-hybridized carbons (Fsp3) is 0.438. The number of anilines is 1. The lowest BCUT2D eigenvalue weighted by atomic mass is 9.84. The van der Waals surface area contributed by atoms with Crippen LogP contribution >= 0.6 is 0 Å². The van der Waals surface area contributed by atoms with Gasteiger partial charge in [-0.3, -0.25) is 5.10 Å². The lowest BCUT2D eigenvalue weighted by molar-refractivity contribution is 0.332. The molecule has 3 rings (SSSR count). The van der Waals surface area contributed by atoms with Gasteiger partial charge in [-0.25, -0.2) is 0 Å². The van der Waals surface area contributed by atoms with Crippen molar-refractivity contribution < 1.29 is 0 Å². The molecular weight excluding hydrogens is 248 g/mol. The third kappa shape index (κ3) is 2.85. The van der Waals surface area contributed by atoms with Crippen molar-refractivity contribution in [3.8, 4) is 11.3 Å².